The number of hydrogen-bond acceptors (Lipinski definition) is 2. The van der Waals surface area contributed by atoms with Crippen LogP contribution in [-0.4, -0.2) is 23.3 Å². The SMILES string of the molecule is CC(=O)N(CCC(=O)Nc1ccc(Cl)cc1C)C(C)c1ccccc1. The fourth-order valence-electron chi connectivity index (χ4n) is 2.74. The highest BCUT2D eigenvalue weighted by Crippen LogP contribution is 2.22. The van der Waals surface area contributed by atoms with Crippen LogP contribution < -0.4 is 5.32 Å². The van der Waals surface area contributed by atoms with Gasteiger partial charge < -0.3 is 10.2 Å². The van der Waals surface area contributed by atoms with Gasteiger partial charge in [-0.2, -0.15) is 0 Å². The van der Waals surface area contributed by atoms with Crippen molar-refractivity contribution >= 4 is 29.1 Å². The molecule has 2 amide bonds. The van der Waals surface area contributed by atoms with Gasteiger partial charge in [0.15, 0.2) is 0 Å². The topological polar surface area (TPSA) is 49.4 Å². The van der Waals surface area contributed by atoms with Gasteiger partial charge in [-0.1, -0.05) is 41.9 Å². The lowest BCUT2D eigenvalue weighted by atomic mass is 10.1. The lowest BCUT2D eigenvalue weighted by Crippen LogP contribution is -2.34. The van der Waals surface area contributed by atoms with Crippen molar-refractivity contribution in [1.29, 1.82) is 0 Å². The summed E-state index contributed by atoms with van der Waals surface area (Å²) in [4.78, 5) is 26.0. The minimum atomic E-state index is -0.128. The number of amides is 2. The molecule has 2 rings (SSSR count). The smallest absolute Gasteiger partial charge is 0.226 e. The summed E-state index contributed by atoms with van der Waals surface area (Å²) in [6.45, 7) is 5.75. The van der Waals surface area contributed by atoms with E-state index in [1.807, 2.05) is 44.2 Å². The van der Waals surface area contributed by atoms with Gasteiger partial charge in [0.05, 0.1) is 6.04 Å². The first kappa shape index (κ1) is 19.0. The summed E-state index contributed by atoms with van der Waals surface area (Å²) >= 11 is 5.93. The number of aryl methyl sites for hydroxylation is 1. The molecule has 0 heterocycles. The summed E-state index contributed by atoms with van der Waals surface area (Å²) in [7, 11) is 0. The van der Waals surface area contributed by atoms with E-state index >= 15 is 0 Å². The third-order valence-corrected chi connectivity index (χ3v) is 4.43. The number of hydrogen-bond donors (Lipinski definition) is 1. The van der Waals surface area contributed by atoms with Crippen molar-refractivity contribution in [1.82, 2.24) is 4.90 Å². The molecule has 2 aromatic carbocycles. The van der Waals surface area contributed by atoms with Crippen molar-refractivity contribution < 1.29 is 9.59 Å². The van der Waals surface area contributed by atoms with Crippen LogP contribution in [0, 0.1) is 6.92 Å². The first-order chi connectivity index (χ1) is 11.9. The van der Waals surface area contributed by atoms with Gasteiger partial charge in [-0.05, 0) is 43.2 Å². The quantitative estimate of drug-likeness (QED) is 0.821. The van der Waals surface area contributed by atoms with Crippen molar-refractivity contribution in [3.63, 3.8) is 0 Å². The fraction of sp³-hybridized carbons (Fsp3) is 0.300. The molecule has 0 spiro atoms. The standard InChI is InChI=1S/C20H23ClN2O2/c1-14-13-18(21)9-10-19(14)22-20(25)11-12-23(16(3)24)15(2)17-7-5-4-6-8-17/h4-10,13,15H,11-12H2,1-3H3,(H,22,25). The van der Waals surface area contributed by atoms with Gasteiger partial charge in [0.1, 0.15) is 0 Å². The lowest BCUT2D eigenvalue weighted by Gasteiger charge is -2.28. The predicted octanol–water partition coefficient (Wildman–Crippen LogP) is 4.59. The molecule has 0 saturated heterocycles. The Hall–Kier alpha value is -2.33. The molecule has 132 valence electrons. The number of nitrogens with zero attached hydrogens (tertiary/aromatic N) is 1. The molecular weight excluding hydrogens is 336 g/mol. The summed E-state index contributed by atoms with van der Waals surface area (Å²) in [6.07, 6.45) is 0.235. The van der Waals surface area contributed by atoms with Crippen LogP contribution in [0.4, 0.5) is 5.69 Å². The molecule has 0 aliphatic heterocycles. The van der Waals surface area contributed by atoms with E-state index in [-0.39, 0.29) is 24.3 Å². The summed E-state index contributed by atoms with van der Waals surface area (Å²) in [5, 5.41) is 3.51. The van der Waals surface area contributed by atoms with Gasteiger partial charge in [0.2, 0.25) is 11.8 Å². The average Bonchev–Trinajstić information content (AvgIpc) is 2.58. The highest BCUT2D eigenvalue weighted by molar-refractivity contribution is 6.30. The van der Waals surface area contributed by atoms with E-state index in [1.54, 1.807) is 23.1 Å². The average molecular weight is 359 g/mol. The number of carbonyl (C=O) groups is 2. The zero-order chi connectivity index (χ0) is 18.4. The van der Waals surface area contributed by atoms with Crippen LogP contribution in [0.5, 0.6) is 0 Å². The highest BCUT2D eigenvalue weighted by atomic mass is 35.5. The third kappa shape index (κ3) is 5.33. The van der Waals surface area contributed by atoms with Crippen molar-refractivity contribution in [3.05, 3.63) is 64.7 Å². The Morgan fingerprint density at radius 3 is 2.44 bits per heavy atom. The molecule has 1 unspecified atom stereocenters. The molecule has 2 aromatic rings. The molecule has 25 heavy (non-hydrogen) atoms. The minimum Gasteiger partial charge on any atom is -0.336 e. The molecule has 0 fully saturated rings. The van der Waals surface area contributed by atoms with Crippen LogP contribution in [0.3, 0.4) is 0 Å². The van der Waals surface area contributed by atoms with Gasteiger partial charge in [-0.25, -0.2) is 0 Å². The zero-order valence-corrected chi connectivity index (χ0v) is 15.5. The van der Waals surface area contributed by atoms with Gasteiger partial charge in [-0.15, -0.1) is 0 Å². The first-order valence-corrected chi connectivity index (χ1v) is 8.64. The molecule has 1 atom stereocenters. The summed E-state index contributed by atoms with van der Waals surface area (Å²) in [5.41, 5.74) is 2.69. The largest absolute Gasteiger partial charge is 0.336 e. The summed E-state index contributed by atoms with van der Waals surface area (Å²) in [5.74, 6) is -0.177. The van der Waals surface area contributed by atoms with E-state index in [4.69, 9.17) is 11.6 Å². The molecule has 0 radical (unpaired) electrons. The second-order valence-corrected chi connectivity index (χ2v) is 6.49. The molecular formula is C20H23ClN2O2. The van der Waals surface area contributed by atoms with E-state index in [1.165, 1.54) is 6.92 Å². The van der Waals surface area contributed by atoms with Crippen LogP contribution in [-0.2, 0) is 9.59 Å². The molecule has 0 aliphatic carbocycles. The molecule has 5 heteroatoms. The number of carbonyl (C=O) groups excluding carboxylic acids is 2. The Morgan fingerprint density at radius 2 is 1.84 bits per heavy atom. The molecule has 0 aromatic heterocycles. The van der Waals surface area contributed by atoms with Gasteiger partial charge in [0, 0.05) is 30.6 Å². The van der Waals surface area contributed by atoms with Crippen LogP contribution in [0.25, 0.3) is 0 Å². The maximum Gasteiger partial charge on any atom is 0.226 e. The molecule has 0 bridgehead atoms. The molecule has 1 N–H and O–H groups in total. The minimum absolute atomic E-state index is 0.0492. The Balaban J connectivity index is 1.98. The molecule has 0 aliphatic rings. The predicted molar refractivity (Wildman–Crippen MR) is 102 cm³/mol. The van der Waals surface area contributed by atoms with Crippen LogP contribution in [0.2, 0.25) is 5.02 Å². The molecule has 4 nitrogen and oxygen atoms in total. The fourth-order valence-corrected chi connectivity index (χ4v) is 2.96. The summed E-state index contributed by atoms with van der Waals surface area (Å²) in [6, 6.07) is 15.0. The van der Waals surface area contributed by atoms with E-state index < -0.39 is 0 Å². The lowest BCUT2D eigenvalue weighted by molar-refractivity contribution is -0.131. The van der Waals surface area contributed by atoms with Crippen molar-refractivity contribution in [2.45, 2.75) is 33.2 Å². The Labute approximate surface area is 153 Å². The van der Waals surface area contributed by atoms with Gasteiger partial charge >= 0.3 is 0 Å². The van der Waals surface area contributed by atoms with Crippen molar-refractivity contribution in [2.24, 2.45) is 0 Å². The molecule has 0 saturated carbocycles. The van der Waals surface area contributed by atoms with Crippen molar-refractivity contribution in [2.75, 3.05) is 11.9 Å². The first-order valence-electron chi connectivity index (χ1n) is 8.26. The number of benzene rings is 2. The van der Waals surface area contributed by atoms with Crippen LogP contribution in [0.15, 0.2) is 48.5 Å². The van der Waals surface area contributed by atoms with E-state index in [2.05, 4.69) is 5.32 Å². The van der Waals surface area contributed by atoms with Gasteiger partial charge in [-0.3, -0.25) is 9.59 Å². The third-order valence-electron chi connectivity index (χ3n) is 4.20. The van der Waals surface area contributed by atoms with E-state index in [0.29, 0.717) is 11.6 Å². The highest BCUT2D eigenvalue weighted by Gasteiger charge is 2.19. The Morgan fingerprint density at radius 1 is 1.16 bits per heavy atom. The number of nitrogens with one attached hydrogen (secondary N) is 1. The Bertz CT molecular complexity index is 747. The zero-order valence-electron chi connectivity index (χ0n) is 14.8. The number of halogens is 1. The number of rotatable bonds is 6. The second-order valence-electron chi connectivity index (χ2n) is 6.06. The monoisotopic (exact) mass is 358 g/mol. The second kappa shape index (κ2) is 8.67. The van der Waals surface area contributed by atoms with E-state index in [9.17, 15) is 9.59 Å². The maximum atomic E-state index is 12.3. The summed E-state index contributed by atoms with van der Waals surface area (Å²) < 4.78 is 0. The Kier molecular flexibility index (Phi) is 6.59. The normalized spacial score (nSPS) is 11.7. The van der Waals surface area contributed by atoms with Crippen LogP contribution >= 0.6 is 11.6 Å². The number of anilines is 1. The van der Waals surface area contributed by atoms with Crippen LogP contribution in [0.1, 0.15) is 37.4 Å². The van der Waals surface area contributed by atoms with Crippen molar-refractivity contribution in [3.8, 4) is 0 Å². The van der Waals surface area contributed by atoms with Gasteiger partial charge in [0.25, 0.3) is 0 Å². The maximum absolute atomic E-state index is 12.3. The van der Waals surface area contributed by atoms with E-state index in [0.717, 1.165) is 16.8 Å².